The van der Waals surface area contributed by atoms with Crippen LogP contribution in [0.3, 0.4) is 0 Å². The number of amides is 3. The third-order valence-electron chi connectivity index (χ3n) is 20.7. The van der Waals surface area contributed by atoms with Gasteiger partial charge in [0.25, 0.3) is 11.8 Å². The number of anilines is 9. The SMILES string of the molecule is CCO.CCOC(=O)c1cnc(=O)[nH]c1.CCOC(=O)c1cnc(Cl)nc1.CCOC(=O)c1cnc(Nc2c(C)cccc2C)nc1.CNCCCCCCC(=O)OC.COC(=O)CCCCCCN(C)C(=O)c1cnc(Nc2c(C)cccc2C)nc1.Cc1cccc(C)c1N.Cc1cccc(C)c1Nc1ncc(C(=O)N(C)CCCCCCC(=O)NO)cn1.Cc1cccc(C)c1Nc1ncc(C(=O)O)cn1.[Na+].[OH-]. The molecule has 5 aromatic carbocycles. The van der Waals surface area contributed by atoms with Crippen molar-refractivity contribution in [3.05, 3.63) is 270 Å². The quantitative estimate of drug-likeness (QED) is 0.00250. The van der Waals surface area contributed by atoms with Gasteiger partial charge in [0.05, 0.1) is 67.4 Å². The third-order valence-corrected chi connectivity index (χ3v) is 20.9. The summed E-state index contributed by atoms with van der Waals surface area (Å²) in [6, 6.07) is 30.1. The molecule has 0 unspecified atom stereocenters. The Hall–Kier alpha value is -14.3. The number of unbranched alkanes of at least 4 members (excludes halogenated alkanes) is 9. The molecular weight excluding hydrogens is 1910 g/mol. The molecule has 0 atom stereocenters. The smallest absolute Gasteiger partial charge is 0.870 e. The number of rotatable bonds is 38. The average Bonchev–Trinajstić information content (AvgIpc) is 0.850. The van der Waals surface area contributed by atoms with Crippen LogP contribution in [-0.2, 0) is 38.1 Å². The number of methoxy groups -OCH3 is 2. The molecule has 13 N–H and O–H groups in total. The van der Waals surface area contributed by atoms with Gasteiger partial charge in [-0.05, 0) is 216 Å². The van der Waals surface area contributed by atoms with Crippen LogP contribution in [0.4, 0.5) is 52.2 Å². The van der Waals surface area contributed by atoms with Gasteiger partial charge in [0, 0.05) is 156 Å². The van der Waals surface area contributed by atoms with E-state index in [2.05, 4.69) is 101 Å². The molecular formula is C104H141ClN21NaO19. The van der Waals surface area contributed by atoms with Crippen LogP contribution in [0.1, 0.15) is 242 Å². The topological polar surface area (TPSA) is 570 Å². The van der Waals surface area contributed by atoms with Gasteiger partial charge in [-0.3, -0.25) is 29.2 Å². The van der Waals surface area contributed by atoms with Gasteiger partial charge in [-0.1, -0.05) is 130 Å². The molecule has 6 aromatic heterocycles. The van der Waals surface area contributed by atoms with Crippen molar-refractivity contribution in [2.75, 3.05) is 108 Å². The number of aliphatic hydroxyl groups is 1. The van der Waals surface area contributed by atoms with Crippen molar-refractivity contribution in [1.29, 1.82) is 0 Å². The van der Waals surface area contributed by atoms with E-state index in [0.29, 0.717) is 105 Å². The summed E-state index contributed by atoms with van der Waals surface area (Å²) in [5, 5.41) is 40.6. The fraction of sp³-hybridized carbons (Fsp3) is 0.394. The van der Waals surface area contributed by atoms with Gasteiger partial charge >= 0.3 is 71.1 Å². The van der Waals surface area contributed by atoms with Crippen LogP contribution in [0.5, 0.6) is 0 Å². The molecule has 0 saturated carbocycles. The van der Waals surface area contributed by atoms with Crippen molar-refractivity contribution in [2.24, 2.45) is 0 Å². The van der Waals surface area contributed by atoms with Gasteiger partial charge in [0.1, 0.15) is 0 Å². The minimum Gasteiger partial charge on any atom is -0.870 e. The van der Waals surface area contributed by atoms with Crippen molar-refractivity contribution in [1.82, 2.24) is 80.4 Å². The summed E-state index contributed by atoms with van der Waals surface area (Å²) in [4.78, 5) is 162. The first-order valence-corrected chi connectivity index (χ1v) is 47.4. The number of hydroxylamine groups is 1. The van der Waals surface area contributed by atoms with Gasteiger partial charge in [0.15, 0.2) is 0 Å². The molecule has 784 valence electrons. The maximum atomic E-state index is 12.5. The Morgan fingerprint density at radius 2 is 0.664 bits per heavy atom. The Morgan fingerprint density at radius 3 is 0.938 bits per heavy atom. The molecule has 0 bridgehead atoms. The van der Waals surface area contributed by atoms with Crippen molar-refractivity contribution in [3.63, 3.8) is 0 Å². The minimum atomic E-state index is -1.03. The standard InChI is InChI=1S/C22H30N4O3.C21H29N5O3.C15H17N3O2.C13H13N3O2.C9H19NO2.C8H11N.C7H7ClN2O2.C7H8N2O3.C2H6O.Na.H2O/c1-16-10-9-11-17(2)20(16)25-22-23-14-18(15-24-22)21(28)26(3)13-8-6-5-7-12-19(27)29-4;1-15-9-8-10-16(2)19(15)24-21-22-13-17(14-23-21)20(28)26(3)12-7-5-4-6-11-18(27)25-29;1-4-20-14(19)12-8-16-15(17-9-12)18-13-10(2)6-5-7-11(13)3;1-8-4-3-5-9(2)11(8)16-13-14-6-10(7-15-13)12(17)18;1-10-8-6-4-3-5-7-9(11)12-2;1-6-4-3-5-7(2)8(6)9;1-2-12-6(11)5-3-9-7(8)10-4-5;1-2-12-6(10)5-3-8-7(11)9-4-5;1-2-3;;/h9-11,14-15H,5-8,12-13H2,1-4H3,(H,23,24,25);8-10,13-14,29H,4-7,11-12H2,1-3H3,(H,25,27)(H,22,23,24);5-9H,4H2,1-3H3,(H,16,17,18);3-7H,1-2H3,(H,17,18)(H,14,15,16);10H,3-8H2,1-2H3;3-5H,9H2,1-2H3;3-4H,2H2,1H3;3-4H,2H2,1H3,(H,8,9,11);3H,2H2,1H3;;1H2/q;;;;;;;;;+1;/p-1. The van der Waals surface area contributed by atoms with Crippen LogP contribution >= 0.6 is 11.6 Å². The van der Waals surface area contributed by atoms with Crippen molar-refractivity contribution >= 4 is 117 Å². The maximum Gasteiger partial charge on any atom is 1.00 e. The Morgan fingerprint density at radius 1 is 0.397 bits per heavy atom. The molecule has 0 spiro atoms. The maximum absolute atomic E-state index is 12.5. The number of halogens is 1. The Bertz CT molecular complexity index is 5540. The number of nitrogens with zero attached hydrogens (tertiary/aromatic N) is 13. The number of hydrogen-bond acceptors (Lipinski definition) is 35. The number of carboxylic acid groups (broad SMARTS) is 1. The normalized spacial score (nSPS) is 9.88. The molecule has 42 heteroatoms. The molecule has 0 aliphatic heterocycles. The van der Waals surface area contributed by atoms with Crippen LogP contribution in [-0.4, -0.2) is 225 Å². The number of nitrogens with one attached hydrogen (secondary N) is 7. The van der Waals surface area contributed by atoms with E-state index in [1.807, 2.05) is 167 Å². The molecule has 0 saturated heterocycles. The number of aryl methyl sites for hydroxylation is 10. The number of aliphatic hydroxyl groups excluding tert-OH is 1. The van der Waals surface area contributed by atoms with Crippen molar-refractivity contribution in [2.45, 2.75) is 193 Å². The van der Waals surface area contributed by atoms with Gasteiger partial charge in [-0.15, -0.1) is 0 Å². The summed E-state index contributed by atoms with van der Waals surface area (Å²) < 4.78 is 23.4. The Balaban J connectivity index is 0.000000853. The summed E-state index contributed by atoms with van der Waals surface area (Å²) in [6.07, 6.45) is 29.5. The van der Waals surface area contributed by atoms with E-state index in [0.717, 1.165) is 148 Å². The number of hydrogen-bond donors (Lipinski definition) is 11. The Kier molecular flexibility index (Phi) is 66.3. The van der Waals surface area contributed by atoms with Crippen molar-refractivity contribution in [3.8, 4) is 0 Å². The number of para-hydroxylation sites is 5. The predicted molar refractivity (Wildman–Crippen MR) is 558 cm³/mol. The number of carboxylic acids is 1. The molecule has 0 fully saturated rings. The zero-order valence-corrected chi connectivity index (χ0v) is 90.1. The molecule has 0 aliphatic carbocycles. The first-order valence-electron chi connectivity index (χ1n) is 47.0. The minimum absolute atomic E-state index is 0. The molecule has 146 heavy (non-hydrogen) atoms. The number of nitrogen functional groups attached to an aromatic ring is 1. The predicted octanol–water partition coefficient (Wildman–Crippen LogP) is 14.2. The van der Waals surface area contributed by atoms with Gasteiger partial charge in [-0.2, -0.15) is 0 Å². The number of benzene rings is 5. The van der Waals surface area contributed by atoms with E-state index in [-0.39, 0.29) is 87.7 Å². The number of nitrogens with two attached hydrogens (primary N) is 1. The summed E-state index contributed by atoms with van der Waals surface area (Å²) in [5.41, 5.74) is 24.6. The van der Waals surface area contributed by atoms with E-state index in [1.165, 1.54) is 89.0 Å². The number of carbonyl (C=O) groups excluding carboxylic acids is 8. The summed E-state index contributed by atoms with van der Waals surface area (Å²) in [6.45, 7) is 30.6. The van der Waals surface area contributed by atoms with E-state index in [9.17, 15) is 47.9 Å². The molecule has 40 nitrogen and oxygen atoms in total. The number of carbonyl (C=O) groups is 9. The number of H-pyrrole nitrogens is 1. The second kappa shape index (κ2) is 74.6. The van der Waals surface area contributed by atoms with Crippen LogP contribution in [0.25, 0.3) is 0 Å². The van der Waals surface area contributed by atoms with Crippen molar-refractivity contribution < 1.29 is 117 Å². The molecule has 0 radical (unpaired) electrons. The molecule has 11 aromatic rings. The number of aromatic carboxylic acids is 1. The van der Waals surface area contributed by atoms with Gasteiger partial charge < -0.3 is 86.5 Å². The monoisotopic (exact) mass is 2050 g/mol. The number of ether oxygens (including phenoxy) is 5. The molecule has 3 amide bonds. The summed E-state index contributed by atoms with van der Waals surface area (Å²) in [5.74, 6) is -1.46. The van der Waals surface area contributed by atoms with Crippen LogP contribution in [0, 0.1) is 69.2 Å². The zero-order valence-electron chi connectivity index (χ0n) is 87.3. The van der Waals surface area contributed by atoms with Crippen LogP contribution in [0.2, 0.25) is 5.28 Å². The Labute approximate surface area is 881 Å². The second-order valence-electron chi connectivity index (χ2n) is 32.1. The van der Waals surface area contributed by atoms with Gasteiger partial charge in [-0.25, -0.2) is 84.3 Å². The van der Waals surface area contributed by atoms with Gasteiger partial charge in [0.2, 0.25) is 35.0 Å². The molecule has 0 aliphatic rings. The number of aromatic nitrogens is 12. The van der Waals surface area contributed by atoms with E-state index in [1.54, 1.807) is 69.5 Å². The molecule has 11 rings (SSSR count). The number of esters is 5. The fourth-order valence-corrected chi connectivity index (χ4v) is 12.7. The second-order valence-corrected chi connectivity index (χ2v) is 32.5. The van der Waals surface area contributed by atoms with E-state index in [4.69, 9.17) is 42.2 Å². The fourth-order valence-electron chi connectivity index (χ4n) is 12.6. The van der Waals surface area contributed by atoms with E-state index < -0.39 is 29.6 Å². The van der Waals surface area contributed by atoms with Crippen LogP contribution in [0.15, 0.2) is 170 Å². The van der Waals surface area contributed by atoms with Crippen LogP contribution < -0.4 is 73.0 Å². The summed E-state index contributed by atoms with van der Waals surface area (Å²) in [7, 11) is 8.32. The van der Waals surface area contributed by atoms with E-state index >= 15 is 0 Å². The first kappa shape index (κ1) is 130. The third kappa shape index (κ3) is 51.3. The zero-order chi connectivity index (χ0) is 107. The average molecular weight is 2050 g/mol. The first-order chi connectivity index (χ1) is 68.9. The number of aromatic amines is 1. The largest absolute Gasteiger partial charge is 1.00 e. The summed E-state index contributed by atoms with van der Waals surface area (Å²) >= 11 is 5.42. The molecule has 6 heterocycles.